The third-order valence-corrected chi connectivity index (χ3v) is 4.92. The molecule has 9 nitrogen and oxygen atoms in total. The summed E-state index contributed by atoms with van der Waals surface area (Å²) in [6.45, 7) is 4.70. The second kappa shape index (κ2) is 7.45. The number of aryl methyl sites for hydroxylation is 1. The van der Waals surface area contributed by atoms with Crippen LogP contribution in [0.2, 0.25) is 0 Å². The van der Waals surface area contributed by atoms with Crippen LogP contribution < -0.4 is 10.5 Å². The van der Waals surface area contributed by atoms with Crippen LogP contribution in [0.5, 0.6) is 0 Å². The molecule has 3 aromatic rings. The molecule has 2 aromatic heterocycles. The van der Waals surface area contributed by atoms with E-state index in [4.69, 9.17) is 5.11 Å². The zero-order valence-corrected chi connectivity index (χ0v) is 15.3. The van der Waals surface area contributed by atoms with Gasteiger partial charge in [-0.25, -0.2) is 4.98 Å². The summed E-state index contributed by atoms with van der Waals surface area (Å²) in [6.07, 6.45) is 3.45. The molecule has 142 valence electrons. The van der Waals surface area contributed by atoms with Crippen LogP contribution >= 0.6 is 0 Å². The molecule has 1 N–H and O–H groups in total. The first-order valence-corrected chi connectivity index (χ1v) is 9.06. The largest absolute Gasteiger partial charge is 0.395 e. The molecule has 0 unspecified atom stereocenters. The first kappa shape index (κ1) is 17.6. The van der Waals surface area contributed by atoms with Crippen LogP contribution in [0.3, 0.4) is 0 Å². The van der Waals surface area contributed by atoms with Crippen molar-refractivity contribution in [3.8, 4) is 0 Å². The Hall–Kier alpha value is -2.78. The maximum atomic E-state index is 12.4. The van der Waals surface area contributed by atoms with Gasteiger partial charge in [-0.15, -0.1) is 5.10 Å². The number of hydrogen-bond donors (Lipinski definition) is 1. The smallest absolute Gasteiger partial charge is 0.261 e. The highest BCUT2D eigenvalue weighted by atomic mass is 16.3. The fourth-order valence-corrected chi connectivity index (χ4v) is 3.47. The quantitative estimate of drug-likeness (QED) is 0.668. The van der Waals surface area contributed by atoms with Crippen molar-refractivity contribution in [2.24, 2.45) is 7.05 Å². The van der Waals surface area contributed by atoms with E-state index in [1.165, 1.54) is 10.9 Å². The van der Waals surface area contributed by atoms with Gasteiger partial charge in [-0.05, 0) is 18.2 Å². The number of hydrogen-bond acceptors (Lipinski definition) is 7. The molecule has 27 heavy (non-hydrogen) atoms. The highest BCUT2D eigenvalue weighted by Gasteiger charge is 2.19. The molecule has 0 saturated carbocycles. The summed E-state index contributed by atoms with van der Waals surface area (Å²) in [4.78, 5) is 21.5. The Morgan fingerprint density at radius 1 is 1.19 bits per heavy atom. The molecule has 0 aliphatic carbocycles. The van der Waals surface area contributed by atoms with E-state index >= 15 is 0 Å². The Morgan fingerprint density at radius 3 is 2.70 bits per heavy atom. The Bertz CT molecular complexity index is 989. The summed E-state index contributed by atoms with van der Waals surface area (Å²) in [5, 5.41) is 17.8. The monoisotopic (exact) mass is 369 g/mol. The van der Waals surface area contributed by atoms with E-state index in [2.05, 4.69) is 25.1 Å². The van der Waals surface area contributed by atoms with Gasteiger partial charge in [0.05, 0.1) is 36.1 Å². The van der Waals surface area contributed by atoms with Crippen molar-refractivity contribution in [2.45, 2.75) is 13.1 Å². The minimum Gasteiger partial charge on any atom is -0.395 e. The van der Waals surface area contributed by atoms with E-state index in [0.717, 1.165) is 44.1 Å². The van der Waals surface area contributed by atoms with Gasteiger partial charge in [0.15, 0.2) is 0 Å². The van der Waals surface area contributed by atoms with Crippen molar-refractivity contribution < 1.29 is 5.11 Å². The maximum Gasteiger partial charge on any atom is 0.261 e. The zero-order chi connectivity index (χ0) is 18.8. The lowest BCUT2D eigenvalue weighted by Gasteiger charge is -2.35. The van der Waals surface area contributed by atoms with Gasteiger partial charge in [-0.2, -0.15) is 0 Å². The van der Waals surface area contributed by atoms with Gasteiger partial charge in [0, 0.05) is 51.7 Å². The van der Waals surface area contributed by atoms with Crippen LogP contribution in [-0.2, 0) is 20.1 Å². The second-order valence-corrected chi connectivity index (χ2v) is 6.81. The first-order valence-electron chi connectivity index (χ1n) is 9.06. The standard InChI is InChI=1S/C18H23N7O2/c1-22-11-14(20-21-22)12-23-4-6-24(7-5-23)15-2-3-16-17(10-15)19-13-25(8-9-26)18(16)27/h2-3,10-11,13,26H,4-9,12H2,1H3. The Kier molecular flexibility index (Phi) is 4.87. The van der Waals surface area contributed by atoms with Crippen molar-refractivity contribution in [3.05, 3.63) is 46.8 Å². The Labute approximate surface area is 156 Å². The van der Waals surface area contributed by atoms with Crippen molar-refractivity contribution >= 4 is 16.6 Å². The highest BCUT2D eigenvalue weighted by molar-refractivity contribution is 5.81. The summed E-state index contributed by atoms with van der Waals surface area (Å²) in [6, 6.07) is 5.78. The average molecular weight is 369 g/mol. The van der Waals surface area contributed by atoms with Crippen molar-refractivity contribution in [1.82, 2.24) is 29.4 Å². The van der Waals surface area contributed by atoms with E-state index in [1.807, 2.05) is 31.4 Å². The summed E-state index contributed by atoms with van der Waals surface area (Å²) >= 11 is 0. The van der Waals surface area contributed by atoms with Crippen LogP contribution in [-0.4, -0.2) is 67.3 Å². The molecule has 9 heteroatoms. The van der Waals surface area contributed by atoms with Gasteiger partial charge >= 0.3 is 0 Å². The molecule has 0 atom stereocenters. The van der Waals surface area contributed by atoms with Gasteiger partial charge in [0.25, 0.3) is 5.56 Å². The molecule has 3 heterocycles. The normalized spacial score (nSPS) is 15.6. The van der Waals surface area contributed by atoms with Gasteiger partial charge in [-0.1, -0.05) is 5.21 Å². The summed E-state index contributed by atoms with van der Waals surface area (Å²) < 4.78 is 3.16. The van der Waals surface area contributed by atoms with Gasteiger partial charge < -0.3 is 10.0 Å². The number of rotatable bonds is 5. The third-order valence-electron chi connectivity index (χ3n) is 4.92. The van der Waals surface area contributed by atoms with Crippen LogP contribution in [0.4, 0.5) is 5.69 Å². The predicted octanol–water partition coefficient (Wildman–Crippen LogP) is -0.160. The number of anilines is 1. The van der Waals surface area contributed by atoms with Gasteiger partial charge in [0.1, 0.15) is 0 Å². The fourth-order valence-electron chi connectivity index (χ4n) is 3.47. The van der Waals surface area contributed by atoms with Crippen LogP contribution in [0, 0.1) is 0 Å². The fraction of sp³-hybridized carbons (Fsp3) is 0.444. The Morgan fingerprint density at radius 2 is 2.00 bits per heavy atom. The van der Waals surface area contributed by atoms with E-state index in [1.54, 1.807) is 4.68 Å². The molecule has 1 aliphatic rings. The molecule has 0 spiro atoms. The molecular weight excluding hydrogens is 346 g/mol. The summed E-state index contributed by atoms with van der Waals surface area (Å²) in [5.41, 5.74) is 2.64. The lowest BCUT2D eigenvalue weighted by atomic mass is 10.2. The number of fused-ring (bicyclic) bond motifs is 1. The van der Waals surface area contributed by atoms with Crippen LogP contribution in [0.15, 0.2) is 35.5 Å². The van der Waals surface area contributed by atoms with Gasteiger partial charge in [-0.3, -0.25) is 18.9 Å². The second-order valence-electron chi connectivity index (χ2n) is 6.81. The van der Waals surface area contributed by atoms with Crippen molar-refractivity contribution in [3.63, 3.8) is 0 Å². The number of aliphatic hydroxyl groups is 1. The number of piperazine rings is 1. The average Bonchev–Trinajstić information content (AvgIpc) is 3.09. The molecule has 1 aliphatic heterocycles. The van der Waals surface area contributed by atoms with E-state index in [-0.39, 0.29) is 18.7 Å². The minimum absolute atomic E-state index is 0.0793. The topological polar surface area (TPSA) is 92.3 Å². The number of benzene rings is 1. The molecule has 0 bridgehead atoms. The first-order chi connectivity index (χ1) is 13.1. The van der Waals surface area contributed by atoms with E-state index in [0.29, 0.717) is 10.9 Å². The van der Waals surface area contributed by atoms with Crippen molar-refractivity contribution in [2.75, 3.05) is 37.7 Å². The van der Waals surface area contributed by atoms with Crippen LogP contribution in [0.1, 0.15) is 5.69 Å². The third kappa shape index (κ3) is 3.69. The van der Waals surface area contributed by atoms with Gasteiger partial charge in [0.2, 0.25) is 0 Å². The van der Waals surface area contributed by atoms with Crippen LogP contribution in [0.25, 0.3) is 10.9 Å². The molecule has 0 amide bonds. The number of aliphatic hydroxyl groups excluding tert-OH is 1. The van der Waals surface area contributed by atoms with Crippen molar-refractivity contribution in [1.29, 1.82) is 0 Å². The van der Waals surface area contributed by atoms with E-state index < -0.39 is 0 Å². The van der Waals surface area contributed by atoms with E-state index in [9.17, 15) is 4.79 Å². The molecule has 1 saturated heterocycles. The minimum atomic E-state index is -0.116. The lowest BCUT2D eigenvalue weighted by molar-refractivity contribution is 0.247. The number of aromatic nitrogens is 5. The lowest BCUT2D eigenvalue weighted by Crippen LogP contribution is -2.46. The summed E-state index contributed by atoms with van der Waals surface area (Å²) in [5.74, 6) is 0. The zero-order valence-electron chi connectivity index (χ0n) is 15.3. The molecular formula is C18H23N7O2. The molecule has 0 radical (unpaired) electrons. The Balaban J connectivity index is 1.45. The predicted molar refractivity (Wildman–Crippen MR) is 102 cm³/mol. The summed E-state index contributed by atoms with van der Waals surface area (Å²) in [7, 11) is 1.88. The highest BCUT2D eigenvalue weighted by Crippen LogP contribution is 2.20. The SMILES string of the molecule is Cn1cc(CN2CCN(c3ccc4c(=O)n(CCO)cnc4c3)CC2)nn1. The maximum absolute atomic E-state index is 12.4. The molecule has 1 fully saturated rings. The number of nitrogens with zero attached hydrogens (tertiary/aromatic N) is 7. The molecule has 1 aromatic carbocycles. The molecule has 4 rings (SSSR count).